The number of Topliss-reactive ketones (excluding diaryl/α,β-unsaturated/α-hetero) is 1. The predicted molar refractivity (Wildman–Crippen MR) is 70.1 cm³/mol. The highest BCUT2D eigenvalue weighted by Gasteiger charge is 2.34. The van der Waals surface area contributed by atoms with Gasteiger partial charge in [0.1, 0.15) is 0 Å². The number of benzene rings is 1. The summed E-state index contributed by atoms with van der Waals surface area (Å²) in [6.45, 7) is 0. The van der Waals surface area contributed by atoms with Gasteiger partial charge in [0.05, 0.1) is 5.56 Å². The summed E-state index contributed by atoms with van der Waals surface area (Å²) in [6, 6.07) is 1.81. The molecule has 0 unspecified atom stereocenters. The van der Waals surface area contributed by atoms with Gasteiger partial charge in [-0.15, -0.1) is 0 Å². The Labute approximate surface area is 116 Å². The van der Waals surface area contributed by atoms with Crippen molar-refractivity contribution in [1.29, 1.82) is 0 Å². The number of nitrogens with one attached hydrogen (secondary N) is 1. The molecule has 0 bridgehead atoms. The van der Waals surface area contributed by atoms with Crippen molar-refractivity contribution in [3.63, 3.8) is 0 Å². The summed E-state index contributed by atoms with van der Waals surface area (Å²) < 4.78 is 39.7. The molecule has 2 nitrogen and oxygen atoms in total. The fourth-order valence-electron chi connectivity index (χ4n) is 2.89. The van der Waals surface area contributed by atoms with Crippen molar-refractivity contribution in [3.05, 3.63) is 35.1 Å². The smallest absolute Gasteiger partial charge is 0.195 e. The van der Waals surface area contributed by atoms with Gasteiger partial charge in [-0.3, -0.25) is 4.79 Å². The summed E-state index contributed by atoms with van der Waals surface area (Å²) >= 11 is 0. The van der Waals surface area contributed by atoms with Crippen LogP contribution >= 0.6 is 0 Å². The number of carbonyl (C=O) groups excluding carboxylic acids is 1. The van der Waals surface area contributed by atoms with Crippen LogP contribution in [0.4, 0.5) is 13.2 Å². The van der Waals surface area contributed by atoms with Crippen LogP contribution in [0.1, 0.15) is 48.9 Å². The van der Waals surface area contributed by atoms with Gasteiger partial charge in [0.25, 0.3) is 0 Å². The van der Waals surface area contributed by atoms with Crippen molar-refractivity contribution >= 4 is 5.78 Å². The third-order valence-electron chi connectivity index (χ3n) is 4.18. The molecule has 0 spiro atoms. The van der Waals surface area contributed by atoms with Crippen LogP contribution in [-0.4, -0.2) is 18.4 Å². The molecule has 0 aliphatic heterocycles. The van der Waals surface area contributed by atoms with E-state index in [2.05, 4.69) is 5.32 Å². The topological polar surface area (TPSA) is 29.1 Å². The molecule has 1 aliphatic carbocycles. The van der Waals surface area contributed by atoms with Crippen LogP contribution in [-0.2, 0) is 0 Å². The minimum atomic E-state index is -1.59. The molecule has 0 radical (unpaired) electrons. The summed E-state index contributed by atoms with van der Waals surface area (Å²) in [5.74, 6) is -4.74. The van der Waals surface area contributed by atoms with Crippen molar-refractivity contribution in [2.45, 2.75) is 44.1 Å². The molecule has 1 aromatic carbocycles. The summed E-state index contributed by atoms with van der Waals surface area (Å²) in [5.41, 5.74) is -0.726. The lowest BCUT2D eigenvalue weighted by Gasteiger charge is -2.36. The van der Waals surface area contributed by atoms with Crippen LogP contribution in [0.25, 0.3) is 0 Å². The minimum Gasteiger partial charge on any atom is -0.314 e. The van der Waals surface area contributed by atoms with Crippen LogP contribution in [0.5, 0.6) is 0 Å². The van der Waals surface area contributed by atoms with E-state index in [-0.39, 0.29) is 17.5 Å². The van der Waals surface area contributed by atoms with Crippen molar-refractivity contribution < 1.29 is 18.0 Å². The summed E-state index contributed by atoms with van der Waals surface area (Å²) in [5, 5.41) is 3.15. The first-order valence-corrected chi connectivity index (χ1v) is 6.85. The van der Waals surface area contributed by atoms with Gasteiger partial charge in [-0.1, -0.05) is 19.3 Å². The maximum atomic E-state index is 13.6. The molecule has 0 atom stereocenters. The lowest BCUT2D eigenvalue weighted by atomic mass is 9.77. The maximum Gasteiger partial charge on any atom is 0.195 e. The maximum absolute atomic E-state index is 13.6. The first-order valence-electron chi connectivity index (χ1n) is 6.85. The fourth-order valence-corrected chi connectivity index (χ4v) is 2.89. The van der Waals surface area contributed by atoms with E-state index in [1.807, 2.05) is 0 Å². The number of halogens is 3. The SMILES string of the molecule is CNC1(CC(=O)c2ccc(F)c(F)c2F)CCCCC1. The average Bonchev–Trinajstić information content (AvgIpc) is 2.45. The molecule has 1 saturated carbocycles. The van der Waals surface area contributed by atoms with Crippen LogP contribution in [0.3, 0.4) is 0 Å². The van der Waals surface area contributed by atoms with Gasteiger partial charge in [-0.2, -0.15) is 0 Å². The first-order chi connectivity index (χ1) is 9.49. The van der Waals surface area contributed by atoms with Crippen LogP contribution in [0.15, 0.2) is 12.1 Å². The van der Waals surface area contributed by atoms with E-state index in [4.69, 9.17) is 0 Å². The third kappa shape index (κ3) is 2.87. The number of rotatable bonds is 4. The van der Waals surface area contributed by atoms with E-state index >= 15 is 0 Å². The Morgan fingerprint density at radius 2 is 1.80 bits per heavy atom. The third-order valence-corrected chi connectivity index (χ3v) is 4.18. The van der Waals surface area contributed by atoms with Crippen LogP contribution < -0.4 is 5.32 Å². The Balaban J connectivity index is 2.21. The van der Waals surface area contributed by atoms with Gasteiger partial charge >= 0.3 is 0 Å². The van der Waals surface area contributed by atoms with Gasteiger partial charge < -0.3 is 5.32 Å². The number of ketones is 1. The van der Waals surface area contributed by atoms with Crippen LogP contribution in [0.2, 0.25) is 0 Å². The van der Waals surface area contributed by atoms with E-state index < -0.39 is 23.2 Å². The number of hydrogen-bond acceptors (Lipinski definition) is 2. The molecule has 1 aliphatic rings. The zero-order chi connectivity index (χ0) is 14.8. The molecule has 20 heavy (non-hydrogen) atoms. The van der Waals surface area contributed by atoms with Crippen molar-refractivity contribution in [1.82, 2.24) is 5.32 Å². The Morgan fingerprint density at radius 1 is 1.15 bits per heavy atom. The van der Waals surface area contributed by atoms with E-state index in [1.54, 1.807) is 7.05 Å². The molecule has 1 aromatic rings. The fraction of sp³-hybridized carbons (Fsp3) is 0.533. The molecule has 1 fully saturated rings. The zero-order valence-corrected chi connectivity index (χ0v) is 11.4. The second-order valence-corrected chi connectivity index (χ2v) is 5.41. The molecule has 0 amide bonds. The zero-order valence-electron chi connectivity index (χ0n) is 11.4. The molecular formula is C15H18F3NO. The van der Waals surface area contributed by atoms with Gasteiger partial charge in [-0.25, -0.2) is 13.2 Å². The lowest BCUT2D eigenvalue weighted by Crippen LogP contribution is -2.46. The standard InChI is InChI=1S/C15H18F3NO/c1-19-15(7-3-2-4-8-15)9-12(20)10-5-6-11(16)14(18)13(10)17/h5-6,19H,2-4,7-9H2,1H3. The van der Waals surface area contributed by atoms with E-state index in [0.717, 1.165) is 44.2 Å². The van der Waals surface area contributed by atoms with Gasteiger partial charge in [0, 0.05) is 12.0 Å². The Morgan fingerprint density at radius 3 is 2.40 bits per heavy atom. The molecule has 0 heterocycles. The highest BCUT2D eigenvalue weighted by Crippen LogP contribution is 2.32. The molecule has 0 saturated heterocycles. The monoisotopic (exact) mass is 285 g/mol. The van der Waals surface area contributed by atoms with Crippen molar-refractivity contribution in [2.24, 2.45) is 0 Å². The lowest BCUT2D eigenvalue weighted by molar-refractivity contribution is 0.0909. The summed E-state index contributed by atoms with van der Waals surface area (Å²) in [6.07, 6.45) is 4.91. The second kappa shape index (κ2) is 5.95. The van der Waals surface area contributed by atoms with Gasteiger partial charge in [0.2, 0.25) is 0 Å². The van der Waals surface area contributed by atoms with E-state index in [0.29, 0.717) is 0 Å². The Bertz CT molecular complexity index is 510. The van der Waals surface area contributed by atoms with E-state index in [1.165, 1.54) is 0 Å². The second-order valence-electron chi connectivity index (χ2n) is 5.41. The molecule has 2 rings (SSSR count). The highest BCUT2D eigenvalue weighted by molar-refractivity contribution is 5.97. The summed E-state index contributed by atoms with van der Waals surface area (Å²) in [7, 11) is 1.78. The molecule has 110 valence electrons. The van der Waals surface area contributed by atoms with Crippen LogP contribution in [0, 0.1) is 17.5 Å². The van der Waals surface area contributed by atoms with Gasteiger partial charge in [0.15, 0.2) is 23.2 Å². The summed E-state index contributed by atoms with van der Waals surface area (Å²) in [4.78, 5) is 12.2. The number of carbonyl (C=O) groups is 1. The largest absolute Gasteiger partial charge is 0.314 e. The molecule has 0 aromatic heterocycles. The van der Waals surface area contributed by atoms with Gasteiger partial charge in [-0.05, 0) is 32.0 Å². The number of hydrogen-bond donors (Lipinski definition) is 1. The molecular weight excluding hydrogens is 267 g/mol. The Hall–Kier alpha value is -1.36. The van der Waals surface area contributed by atoms with Crippen molar-refractivity contribution in [3.8, 4) is 0 Å². The predicted octanol–water partition coefficient (Wildman–Crippen LogP) is 3.60. The average molecular weight is 285 g/mol. The highest BCUT2D eigenvalue weighted by atomic mass is 19.2. The molecule has 1 N–H and O–H groups in total. The van der Waals surface area contributed by atoms with Crippen molar-refractivity contribution in [2.75, 3.05) is 7.05 Å². The minimum absolute atomic E-state index is 0.103. The normalized spacial score (nSPS) is 18.0. The first kappa shape index (κ1) is 15.0. The van der Waals surface area contributed by atoms with E-state index in [9.17, 15) is 18.0 Å². The Kier molecular flexibility index (Phi) is 4.48. The quantitative estimate of drug-likeness (QED) is 0.676. The molecule has 5 heteroatoms.